The number of halogens is 1. The van der Waals surface area contributed by atoms with E-state index in [1.54, 1.807) is 5.01 Å². The van der Waals surface area contributed by atoms with Gasteiger partial charge >= 0.3 is 0 Å². The molecule has 0 amide bonds. The van der Waals surface area contributed by atoms with E-state index in [0.717, 1.165) is 28.9 Å². The highest BCUT2D eigenvalue weighted by Crippen LogP contribution is 2.25. The van der Waals surface area contributed by atoms with E-state index >= 15 is 0 Å². The third kappa shape index (κ3) is 2.02. The molecule has 0 fully saturated rings. The lowest BCUT2D eigenvalue weighted by Gasteiger charge is -2.11. The molecule has 0 bridgehead atoms. The zero-order valence-corrected chi connectivity index (χ0v) is 8.75. The van der Waals surface area contributed by atoms with Gasteiger partial charge in [-0.2, -0.15) is 0 Å². The van der Waals surface area contributed by atoms with Crippen LogP contribution >= 0.6 is 15.9 Å². The predicted octanol–water partition coefficient (Wildman–Crippen LogP) is 1.52. The average Bonchev–Trinajstić information content (AvgIpc) is 2.25. The second-order valence-electron chi connectivity index (χ2n) is 3.07. The van der Waals surface area contributed by atoms with Crippen LogP contribution in [0.5, 0.6) is 5.75 Å². The summed E-state index contributed by atoms with van der Waals surface area (Å²) in [6, 6.07) is 5.99. The Kier molecular flexibility index (Phi) is 2.53. The number of ether oxygens (including phenoxy) is 1. The monoisotopic (exact) mass is 242 g/mol. The number of hydrogen-bond donors (Lipinski definition) is 1. The molecule has 1 aliphatic rings. The van der Waals surface area contributed by atoms with Crippen LogP contribution in [0.3, 0.4) is 0 Å². The van der Waals surface area contributed by atoms with Crippen molar-refractivity contribution in [3.63, 3.8) is 0 Å². The Hall–Kier alpha value is -0.580. The van der Waals surface area contributed by atoms with E-state index in [0.29, 0.717) is 6.61 Å². The largest absolute Gasteiger partial charge is 0.492 e. The molecule has 13 heavy (non-hydrogen) atoms. The average molecular weight is 243 g/mol. The van der Waals surface area contributed by atoms with Crippen LogP contribution in [0.4, 0.5) is 0 Å². The fourth-order valence-corrected chi connectivity index (χ4v) is 1.79. The molecule has 0 atom stereocenters. The molecule has 1 aliphatic heterocycles. The third-order valence-electron chi connectivity index (χ3n) is 2.03. The lowest BCUT2D eigenvalue weighted by Crippen LogP contribution is -2.32. The Bertz CT molecular complexity index is 316. The Morgan fingerprint density at radius 3 is 3.15 bits per heavy atom. The Balaban J connectivity index is 2.35. The maximum Gasteiger partial charge on any atom is 0.123 e. The molecular formula is C9H11BrN2O. The SMILES string of the molecule is NN1CCOc2ccc(Br)cc2C1. The minimum absolute atomic E-state index is 0.658. The molecule has 0 unspecified atom stereocenters. The fourth-order valence-electron chi connectivity index (χ4n) is 1.38. The molecule has 0 radical (unpaired) electrons. The zero-order valence-electron chi connectivity index (χ0n) is 7.16. The van der Waals surface area contributed by atoms with Crippen LogP contribution in [-0.4, -0.2) is 18.2 Å². The number of fused-ring (bicyclic) bond motifs is 1. The molecule has 1 aromatic rings. The maximum atomic E-state index is 5.74. The van der Waals surface area contributed by atoms with Crippen LogP contribution in [0.1, 0.15) is 5.56 Å². The standard InChI is InChI=1S/C9H11BrN2O/c10-8-1-2-9-7(5-8)6-12(11)3-4-13-9/h1-2,5H,3-4,6,11H2. The van der Waals surface area contributed by atoms with Crippen molar-refractivity contribution in [3.8, 4) is 5.75 Å². The topological polar surface area (TPSA) is 38.5 Å². The molecular weight excluding hydrogens is 232 g/mol. The molecule has 0 aromatic heterocycles. The smallest absolute Gasteiger partial charge is 0.123 e. The normalized spacial score (nSPS) is 17.4. The molecule has 2 N–H and O–H groups in total. The van der Waals surface area contributed by atoms with Crippen molar-refractivity contribution in [3.05, 3.63) is 28.2 Å². The summed E-state index contributed by atoms with van der Waals surface area (Å²) in [5.41, 5.74) is 1.13. The van der Waals surface area contributed by atoms with Gasteiger partial charge in [-0.1, -0.05) is 15.9 Å². The van der Waals surface area contributed by atoms with Gasteiger partial charge in [0.05, 0.1) is 0 Å². The number of nitrogens with two attached hydrogens (primary N) is 1. The maximum absolute atomic E-state index is 5.74. The van der Waals surface area contributed by atoms with E-state index in [2.05, 4.69) is 15.9 Å². The van der Waals surface area contributed by atoms with Gasteiger partial charge in [-0.3, -0.25) is 5.84 Å². The first kappa shape index (κ1) is 8.99. The summed E-state index contributed by atoms with van der Waals surface area (Å²) in [6.45, 7) is 2.17. The Morgan fingerprint density at radius 2 is 2.31 bits per heavy atom. The summed E-state index contributed by atoms with van der Waals surface area (Å²) in [4.78, 5) is 0. The Labute approximate surface area is 85.6 Å². The second-order valence-corrected chi connectivity index (χ2v) is 3.99. The molecule has 1 aromatic carbocycles. The van der Waals surface area contributed by atoms with E-state index in [1.807, 2.05) is 18.2 Å². The van der Waals surface area contributed by atoms with Crippen LogP contribution in [0.15, 0.2) is 22.7 Å². The van der Waals surface area contributed by atoms with Crippen molar-refractivity contribution in [2.75, 3.05) is 13.2 Å². The van der Waals surface area contributed by atoms with Crippen LogP contribution in [0.2, 0.25) is 0 Å². The molecule has 4 heteroatoms. The number of nitrogens with zero attached hydrogens (tertiary/aromatic N) is 1. The predicted molar refractivity (Wildman–Crippen MR) is 54.2 cm³/mol. The number of hydrazine groups is 1. The summed E-state index contributed by atoms with van der Waals surface area (Å²) in [5, 5.41) is 1.76. The van der Waals surface area contributed by atoms with Crippen molar-refractivity contribution >= 4 is 15.9 Å². The van der Waals surface area contributed by atoms with Crippen LogP contribution in [-0.2, 0) is 6.54 Å². The van der Waals surface area contributed by atoms with E-state index < -0.39 is 0 Å². The summed E-state index contributed by atoms with van der Waals surface area (Å²) in [7, 11) is 0. The second kappa shape index (κ2) is 3.65. The van der Waals surface area contributed by atoms with Gasteiger partial charge in [-0.25, -0.2) is 5.01 Å². The van der Waals surface area contributed by atoms with Gasteiger partial charge < -0.3 is 4.74 Å². The first-order valence-electron chi connectivity index (χ1n) is 4.16. The van der Waals surface area contributed by atoms with Crippen molar-refractivity contribution in [1.82, 2.24) is 5.01 Å². The Morgan fingerprint density at radius 1 is 1.46 bits per heavy atom. The van der Waals surface area contributed by atoms with Gasteiger partial charge in [0.1, 0.15) is 12.4 Å². The first-order valence-corrected chi connectivity index (χ1v) is 4.96. The molecule has 1 heterocycles. The lowest BCUT2D eigenvalue weighted by molar-refractivity contribution is 0.230. The van der Waals surface area contributed by atoms with Crippen molar-refractivity contribution in [2.24, 2.45) is 5.84 Å². The fraction of sp³-hybridized carbons (Fsp3) is 0.333. The van der Waals surface area contributed by atoms with Gasteiger partial charge in [0.15, 0.2) is 0 Å². The molecule has 0 saturated heterocycles. The number of hydrogen-bond acceptors (Lipinski definition) is 3. The third-order valence-corrected chi connectivity index (χ3v) is 2.53. The van der Waals surface area contributed by atoms with E-state index in [9.17, 15) is 0 Å². The number of rotatable bonds is 0. The molecule has 70 valence electrons. The van der Waals surface area contributed by atoms with Gasteiger partial charge in [-0.05, 0) is 18.2 Å². The van der Waals surface area contributed by atoms with Crippen molar-refractivity contribution < 1.29 is 4.74 Å². The van der Waals surface area contributed by atoms with Crippen LogP contribution in [0.25, 0.3) is 0 Å². The van der Waals surface area contributed by atoms with E-state index in [-0.39, 0.29) is 0 Å². The van der Waals surface area contributed by atoms with E-state index in [1.165, 1.54) is 0 Å². The minimum Gasteiger partial charge on any atom is -0.492 e. The van der Waals surface area contributed by atoms with Crippen molar-refractivity contribution in [1.29, 1.82) is 0 Å². The van der Waals surface area contributed by atoms with Gasteiger partial charge in [-0.15, -0.1) is 0 Å². The molecule has 3 nitrogen and oxygen atoms in total. The highest BCUT2D eigenvalue weighted by Gasteiger charge is 2.12. The van der Waals surface area contributed by atoms with Gasteiger partial charge in [0.25, 0.3) is 0 Å². The summed E-state index contributed by atoms with van der Waals surface area (Å²) < 4.78 is 6.59. The summed E-state index contributed by atoms with van der Waals surface area (Å²) in [5.74, 6) is 6.68. The highest BCUT2D eigenvalue weighted by molar-refractivity contribution is 9.10. The first-order chi connectivity index (χ1) is 6.25. The van der Waals surface area contributed by atoms with Crippen LogP contribution < -0.4 is 10.6 Å². The van der Waals surface area contributed by atoms with Gasteiger partial charge in [0.2, 0.25) is 0 Å². The molecule has 2 rings (SSSR count). The molecule has 0 saturated carbocycles. The molecule has 0 aliphatic carbocycles. The summed E-state index contributed by atoms with van der Waals surface area (Å²) in [6.07, 6.45) is 0. The molecule has 0 spiro atoms. The van der Waals surface area contributed by atoms with E-state index in [4.69, 9.17) is 10.6 Å². The minimum atomic E-state index is 0.658. The summed E-state index contributed by atoms with van der Waals surface area (Å²) >= 11 is 3.42. The quantitative estimate of drug-likeness (QED) is 0.702. The van der Waals surface area contributed by atoms with Crippen LogP contribution in [0, 0.1) is 0 Å². The van der Waals surface area contributed by atoms with Crippen molar-refractivity contribution in [2.45, 2.75) is 6.54 Å². The van der Waals surface area contributed by atoms with Gasteiger partial charge in [0, 0.05) is 23.1 Å². The highest BCUT2D eigenvalue weighted by atomic mass is 79.9. The lowest BCUT2D eigenvalue weighted by atomic mass is 10.2. The number of benzene rings is 1. The zero-order chi connectivity index (χ0) is 9.26.